The summed E-state index contributed by atoms with van der Waals surface area (Å²) < 4.78 is 4.54. The number of esters is 1. The molecule has 9 heterocycles. The van der Waals surface area contributed by atoms with Gasteiger partial charge in [-0.25, -0.2) is 19.6 Å². The van der Waals surface area contributed by atoms with Crippen molar-refractivity contribution >= 4 is 34.8 Å². The maximum atomic E-state index is 11.8. The minimum atomic E-state index is -0.981. The molecule has 0 unspecified atom stereocenters. The van der Waals surface area contributed by atoms with Gasteiger partial charge in [-0.2, -0.15) is 0 Å². The van der Waals surface area contributed by atoms with E-state index in [0.29, 0.717) is 52.3 Å². The zero-order chi connectivity index (χ0) is 75.0. The van der Waals surface area contributed by atoms with Crippen molar-refractivity contribution in [3.8, 4) is 22.8 Å². The number of carbonyl (C=O) groups is 3. The van der Waals surface area contributed by atoms with Gasteiger partial charge >= 0.3 is 33.0 Å². The summed E-state index contributed by atoms with van der Waals surface area (Å²) in [5.74, 6) is 1.19. The Labute approximate surface area is 625 Å². The molecular formula is C84H117N11O6Pt. The van der Waals surface area contributed by atoms with Crippen molar-refractivity contribution in [1.82, 2.24) is 50.3 Å². The fourth-order valence-electron chi connectivity index (χ4n) is 9.35. The van der Waals surface area contributed by atoms with Crippen LogP contribution >= 0.6 is 0 Å². The second kappa shape index (κ2) is 41.0. The standard InChI is InChI=1S/C17H24N2.2C16H22N3.C15H21NO2.C10H13NO2.C9H11NO2.CH4.Pt/c1-12(2)13-6-7-16(19-10-13)14-8-15(18-11-14)9-17(3,4)5;2*1-11(2)12-6-7-14(17-10-12)15-8-13(18-19-15)9-16(3,4)5;1-10(2)11-6-7-12(16-9-11)13(17)8-14(18)15(3,4)5;1-7(2)8-4-5-9(11-6-8)10(12)13-3;1-6(2)7-3-4-8(9(11)12)10-5-7;;/h6-8,10,12H,9,11H2,1-5H3;2*6-8,10-11H,9H2,1-5H3;6-10,17H,1-5H3;4-7H,1-3H3;3-6H,1-2H3,(H,11,12);1H4;/q;2*-1;;;;;+2. The third kappa shape index (κ3) is 31.8. The van der Waals surface area contributed by atoms with Gasteiger partial charge in [0.1, 0.15) is 22.8 Å². The fourth-order valence-corrected chi connectivity index (χ4v) is 9.35. The number of aromatic nitrogens is 10. The smallest absolute Gasteiger partial charge is 0.573 e. The number of hydrogen-bond donors (Lipinski definition) is 2. The Morgan fingerprint density at radius 1 is 0.461 bits per heavy atom. The van der Waals surface area contributed by atoms with Crippen LogP contribution in [0.1, 0.15) is 293 Å². The van der Waals surface area contributed by atoms with Gasteiger partial charge in [0.25, 0.3) is 0 Å². The van der Waals surface area contributed by atoms with Crippen LogP contribution in [0.2, 0.25) is 0 Å². The molecule has 0 spiro atoms. The van der Waals surface area contributed by atoms with Gasteiger partial charge in [0.15, 0.2) is 5.78 Å². The van der Waals surface area contributed by atoms with Crippen LogP contribution in [0, 0.1) is 21.7 Å². The van der Waals surface area contributed by atoms with E-state index < -0.39 is 17.4 Å². The molecule has 0 bridgehead atoms. The van der Waals surface area contributed by atoms with E-state index in [1.165, 1.54) is 47.2 Å². The predicted molar refractivity (Wildman–Crippen MR) is 414 cm³/mol. The molecule has 17 nitrogen and oxygen atoms in total. The summed E-state index contributed by atoms with van der Waals surface area (Å²) in [5.41, 5.74) is 17.3. The summed E-state index contributed by atoms with van der Waals surface area (Å²) in [4.78, 5) is 63.3. The molecule has 8 aromatic rings. The van der Waals surface area contributed by atoms with Crippen molar-refractivity contribution in [2.75, 3.05) is 13.7 Å². The molecule has 0 fully saturated rings. The molecule has 1 aliphatic rings. The summed E-state index contributed by atoms with van der Waals surface area (Å²) in [6, 6.07) is 27.2. The van der Waals surface area contributed by atoms with E-state index in [-0.39, 0.29) is 56.6 Å². The number of ketones is 1. The van der Waals surface area contributed by atoms with Crippen LogP contribution in [0.5, 0.6) is 0 Å². The summed E-state index contributed by atoms with van der Waals surface area (Å²) >= 11 is 0. The molecule has 9 rings (SSSR count). The number of carbonyl (C=O) groups excluding carboxylic acids is 2. The summed E-state index contributed by atoms with van der Waals surface area (Å²) in [6.07, 6.45) is 17.2. The third-order valence-electron chi connectivity index (χ3n) is 15.6. The van der Waals surface area contributed by atoms with E-state index in [9.17, 15) is 19.5 Å². The zero-order valence-electron chi connectivity index (χ0n) is 64.8. The number of carboxylic acid groups (broad SMARTS) is 1. The second-order valence-electron chi connectivity index (χ2n) is 31.9. The van der Waals surface area contributed by atoms with E-state index in [4.69, 9.17) is 5.11 Å². The van der Waals surface area contributed by atoms with Crippen molar-refractivity contribution in [3.05, 3.63) is 202 Å². The van der Waals surface area contributed by atoms with Crippen molar-refractivity contribution in [1.29, 1.82) is 0 Å². The Kier molecular flexibility index (Phi) is 36.0. The first-order chi connectivity index (χ1) is 46.5. The number of nitrogens with zero attached hydrogens (tertiary/aromatic N) is 11. The molecule has 0 radical (unpaired) electrons. The Morgan fingerprint density at radius 3 is 1.07 bits per heavy atom. The van der Waals surface area contributed by atoms with E-state index in [0.717, 1.165) is 82.4 Å². The van der Waals surface area contributed by atoms with Crippen LogP contribution in [-0.2, 0) is 43.4 Å². The molecule has 0 amide bonds. The van der Waals surface area contributed by atoms with Crippen LogP contribution in [-0.4, -0.2) is 87.4 Å². The van der Waals surface area contributed by atoms with Gasteiger partial charge in [0.2, 0.25) is 0 Å². The van der Waals surface area contributed by atoms with Gasteiger partial charge in [-0.05, 0) is 147 Å². The largest absolute Gasteiger partial charge is 2.00 e. The average Bonchev–Trinajstić information content (AvgIpc) is 1.71. The molecule has 1 aliphatic heterocycles. The van der Waals surface area contributed by atoms with E-state index in [1.54, 1.807) is 36.8 Å². The maximum Gasteiger partial charge on any atom is 2.00 e. The van der Waals surface area contributed by atoms with Crippen LogP contribution in [0.25, 0.3) is 34.1 Å². The normalized spacial score (nSPS) is 12.2. The molecule has 102 heavy (non-hydrogen) atoms. The van der Waals surface area contributed by atoms with Crippen LogP contribution in [0.3, 0.4) is 0 Å². The number of allylic oxidation sites excluding steroid dienone is 2. The van der Waals surface area contributed by atoms with Gasteiger partial charge < -0.3 is 35.3 Å². The van der Waals surface area contributed by atoms with Gasteiger partial charge in [0.05, 0.1) is 19.3 Å². The molecule has 0 atom stereocenters. The van der Waals surface area contributed by atoms with Crippen molar-refractivity contribution in [2.45, 2.75) is 228 Å². The fraction of sp³-hybridized carbons (Fsp3) is 0.476. The summed E-state index contributed by atoms with van der Waals surface area (Å²) in [6.45, 7) is 51.6. The quantitative estimate of drug-likeness (QED) is 0.0519. The van der Waals surface area contributed by atoms with Gasteiger partial charge in [-0.3, -0.25) is 29.7 Å². The van der Waals surface area contributed by atoms with E-state index in [2.05, 4.69) is 222 Å². The van der Waals surface area contributed by atoms with Gasteiger partial charge in [-0.1, -0.05) is 234 Å². The minimum Gasteiger partial charge on any atom is -0.573 e. The molecule has 554 valence electrons. The first kappa shape index (κ1) is 89.7. The molecule has 18 heteroatoms. The first-order valence-corrected chi connectivity index (χ1v) is 34.8. The van der Waals surface area contributed by atoms with Crippen molar-refractivity contribution < 1.29 is 50.4 Å². The summed E-state index contributed by atoms with van der Waals surface area (Å²) in [7, 11) is 1.35. The average molecular weight is 1570 g/mol. The Balaban J connectivity index is 0.000000418. The number of aliphatic hydroxyl groups excluding tert-OH is 1. The number of rotatable bonds is 16. The van der Waals surface area contributed by atoms with E-state index >= 15 is 0 Å². The number of aromatic carboxylic acids is 1. The number of carboxylic acids is 1. The second-order valence-corrected chi connectivity index (χ2v) is 31.9. The Hall–Kier alpha value is -8.43. The Morgan fingerprint density at radius 2 is 0.784 bits per heavy atom. The molecule has 0 saturated heterocycles. The van der Waals surface area contributed by atoms with Crippen molar-refractivity contribution in [2.24, 2.45) is 26.7 Å². The predicted octanol–water partition coefficient (Wildman–Crippen LogP) is 20.4. The Bertz CT molecular complexity index is 3810. The molecule has 8 aromatic heterocycles. The number of pyridine rings is 6. The molecule has 0 aliphatic carbocycles. The number of aliphatic imine (C=N–C) groups is 1. The minimum absolute atomic E-state index is 0. The third-order valence-corrected chi connectivity index (χ3v) is 15.6. The number of methoxy groups -OCH3 is 1. The van der Waals surface area contributed by atoms with E-state index in [1.807, 2.05) is 89.6 Å². The monoisotopic (exact) mass is 1570 g/mol. The number of ether oxygens (including phenoxy) is 1. The number of aliphatic hydroxyl groups is 1. The van der Waals surface area contributed by atoms with Crippen LogP contribution < -0.4 is 10.2 Å². The molecule has 2 N–H and O–H groups in total. The summed E-state index contributed by atoms with van der Waals surface area (Å²) in [5, 5.41) is 35.4. The van der Waals surface area contributed by atoms with Crippen LogP contribution in [0.15, 0.2) is 139 Å². The van der Waals surface area contributed by atoms with Crippen molar-refractivity contribution in [3.63, 3.8) is 0 Å². The van der Waals surface area contributed by atoms with Gasteiger partial charge in [0, 0.05) is 82.7 Å². The first-order valence-electron chi connectivity index (χ1n) is 34.8. The SMILES string of the molecule is C.CC(C)c1ccc(-c2cc(CC(C)(C)C)n[n-]2)nc1.CC(C)c1ccc(-c2cc(CC(C)(C)C)n[n-]2)nc1.CC(C)c1ccc(C(=O)O)nc1.CC(C)c1ccc(C(O)=CC(=O)C(C)(C)C)nc1.CC(C)c1ccc(C2=CC(CC(C)(C)C)=NC2)nc1.COC(=O)c1ccc(C(C)C)cn1.[Pt+2]. The molecule has 0 saturated carbocycles. The topological polar surface area (TPSA) is 245 Å². The molecule has 0 aromatic carbocycles. The maximum absolute atomic E-state index is 11.8. The van der Waals surface area contributed by atoms with Crippen LogP contribution in [0.4, 0.5) is 0 Å². The number of hydrogen-bond acceptors (Lipinski definition) is 14. The zero-order valence-corrected chi connectivity index (χ0v) is 67.0. The molecular weight excluding hydrogens is 1450 g/mol. The van der Waals surface area contributed by atoms with Gasteiger partial charge in [-0.15, -0.1) is 0 Å².